The van der Waals surface area contributed by atoms with Crippen molar-refractivity contribution in [3.63, 3.8) is 0 Å². The molecule has 0 heterocycles. The standard InChI is InChI=1S/C16H33N3O2Si/c1-19(16(20)21-10-11-22(2,3)4)13-15(18-17)12-14-8-6-5-7-9-14/h14-15,17H,5-13H2,1-4H3/t15-/m0/s1. The van der Waals surface area contributed by atoms with E-state index in [0.717, 1.165) is 12.5 Å². The van der Waals surface area contributed by atoms with E-state index >= 15 is 0 Å². The van der Waals surface area contributed by atoms with Crippen molar-refractivity contribution < 1.29 is 9.53 Å². The van der Waals surface area contributed by atoms with Gasteiger partial charge in [-0.3, -0.25) is 0 Å². The summed E-state index contributed by atoms with van der Waals surface area (Å²) < 4.78 is 5.33. The first-order valence-corrected chi connectivity index (χ1v) is 12.3. The highest BCUT2D eigenvalue weighted by Gasteiger charge is 2.22. The van der Waals surface area contributed by atoms with Crippen molar-refractivity contribution >= 4 is 14.2 Å². The van der Waals surface area contributed by atoms with Crippen LogP contribution in [-0.2, 0) is 4.74 Å². The zero-order valence-corrected chi connectivity index (χ0v) is 15.7. The minimum Gasteiger partial charge on any atom is -0.450 e. The van der Waals surface area contributed by atoms with Crippen molar-refractivity contribution in [2.45, 2.75) is 70.3 Å². The van der Waals surface area contributed by atoms with Gasteiger partial charge in [0.15, 0.2) is 0 Å². The van der Waals surface area contributed by atoms with E-state index in [0.29, 0.717) is 19.1 Å². The second kappa shape index (κ2) is 9.28. The van der Waals surface area contributed by atoms with E-state index in [1.807, 2.05) is 0 Å². The molecule has 6 heteroatoms. The number of likely N-dealkylation sites (N-methyl/N-ethyl adjacent to an activating group) is 1. The predicted molar refractivity (Wildman–Crippen MR) is 92.3 cm³/mol. The van der Waals surface area contributed by atoms with Gasteiger partial charge in [0.05, 0.1) is 12.6 Å². The number of nitrogens with zero attached hydrogens (tertiary/aromatic N) is 2. The number of hydrogen-bond donors (Lipinski definition) is 1. The van der Waals surface area contributed by atoms with Gasteiger partial charge in [0.2, 0.25) is 0 Å². The first kappa shape index (κ1) is 19.1. The molecule has 0 saturated heterocycles. The maximum atomic E-state index is 12.0. The molecule has 1 aliphatic carbocycles. The molecule has 1 N–H and O–H groups in total. The van der Waals surface area contributed by atoms with Gasteiger partial charge in [-0.05, 0) is 18.4 Å². The highest BCUT2D eigenvalue weighted by atomic mass is 28.3. The fourth-order valence-electron chi connectivity index (χ4n) is 2.92. The molecule has 1 rings (SSSR count). The Morgan fingerprint density at radius 1 is 1.32 bits per heavy atom. The molecule has 1 saturated carbocycles. The summed E-state index contributed by atoms with van der Waals surface area (Å²) in [5.74, 6) is 0.671. The van der Waals surface area contributed by atoms with Gasteiger partial charge >= 0.3 is 6.09 Å². The lowest BCUT2D eigenvalue weighted by Gasteiger charge is -2.26. The molecule has 0 aromatic carbocycles. The molecule has 0 radical (unpaired) electrons. The smallest absolute Gasteiger partial charge is 0.409 e. The van der Waals surface area contributed by atoms with E-state index in [-0.39, 0.29) is 12.1 Å². The minimum absolute atomic E-state index is 0.0855. The fraction of sp³-hybridized carbons (Fsp3) is 0.938. The van der Waals surface area contributed by atoms with Crippen molar-refractivity contribution in [2.24, 2.45) is 11.0 Å². The van der Waals surface area contributed by atoms with Gasteiger partial charge in [0.25, 0.3) is 0 Å². The maximum absolute atomic E-state index is 12.0. The van der Waals surface area contributed by atoms with Crippen LogP contribution in [0.1, 0.15) is 38.5 Å². The van der Waals surface area contributed by atoms with Crippen LogP contribution in [0.15, 0.2) is 5.11 Å². The quantitative estimate of drug-likeness (QED) is 0.516. The van der Waals surface area contributed by atoms with Gasteiger partial charge in [-0.15, -0.1) is 0 Å². The van der Waals surface area contributed by atoms with Crippen molar-refractivity contribution in [3.8, 4) is 0 Å². The molecule has 0 aliphatic heterocycles. The zero-order valence-electron chi connectivity index (χ0n) is 14.7. The average molecular weight is 328 g/mol. The van der Waals surface area contributed by atoms with Crippen LogP contribution in [0.3, 0.4) is 0 Å². The molecule has 1 aliphatic rings. The Morgan fingerprint density at radius 2 is 1.95 bits per heavy atom. The van der Waals surface area contributed by atoms with Crippen LogP contribution < -0.4 is 0 Å². The summed E-state index contributed by atoms with van der Waals surface area (Å²) in [4.78, 5) is 13.6. The third-order valence-corrected chi connectivity index (χ3v) is 6.09. The second-order valence-corrected chi connectivity index (χ2v) is 13.4. The Kier molecular flexibility index (Phi) is 8.07. The van der Waals surface area contributed by atoms with E-state index in [9.17, 15) is 4.79 Å². The molecular weight excluding hydrogens is 294 g/mol. The number of ether oxygens (including phenoxy) is 1. The van der Waals surface area contributed by atoms with Crippen LogP contribution in [0.25, 0.3) is 0 Å². The number of hydrogen-bond acceptors (Lipinski definition) is 4. The maximum Gasteiger partial charge on any atom is 0.409 e. The molecule has 0 aromatic rings. The third kappa shape index (κ3) is 7.92. The molecule has 0 unspecified atom stereocenters. The van der Waals surface area contributed by atoms with Crippen LogP contribution in [-0.4, -0.2) is 45.3 Å². The Morgan fingerprint density at radius 3 is 2.50 bits per heavy atom. The monoisotopic (exact) mass is 327 g/mol. The summed E-state index contributed by atoms with van der Waals surface area (Å²) in [5.41, 5.74) is 7.38. The molecule has 128 valence electrons. The number of rotatable bonds is 8. The first-order valence-electron chi connectivity index (χ1n) is 8.56. The normalized spacial score (nSPS) is 17.8. The topological polar surface area (TPSA) is 65.8 Å². The second-order valence-electron chi connectivity index (χ2n) is 7.83. The van der Waals surface area contributed by atoms with Gasteiger partial charge in [0, 0.05) is 21.7 Å². The van der Waals surface area contributed by atoms with E-state index < -0.39 is 8.07 Å². The molecule has 0 spiro atoms. The van der Waals surface area contributed by atoms with Crippen molar-refractivity contribution in [2.75, 3.05) is 20.2 Å². The van der Waals surface area contributed by atoms with Crippen LogP contribution in [0.5, 0.6) is 0 Å². The molecule has 0 aromatic heterocycles. The highest BCUT2D eigenvalue weighted by Crippen LogP contribution is 2.28. The zero-order chi connectivity index (χ0) is 16.6. The van der Waals surface area contributed by atoms with Crippen LogP contribution in [0, 0.1) is 11.4 Å². The number of carbonyl (C=O) groups is 1. The minimum atomic E-state index is -1.17. The van der Waals surface area contributed by atoms with E-state index in [2.05, 4.69) is 24.8 Å². The van der Waals surface area contributed by atoms with E-state index in [1.165, 1.54) is 32.1 Å². The van der Waals surface area contributed by atoms with Crippen molar-refractivity contribution in [3.05, 3.63) is 0 Å². The molecule has 22 heavy (non-hydrogen) atoms. The average Bonchev–Trinajstić information content (AvgIpc) is 2.46. The molecule has 1 atom stereocenters. The highest BCUT2D eigenvalue weighted by molar-refractivity contribution is 6.76. The van der Waals surface area contributed by atoms with E-state index in [4.69, 9.17) is 10.3 Å². The molecule has 1 amide bonds. The third-order valence-electron chi connectivity index (χ3n) is 4.39. The Labute approximate surface area is 136 Å². The fourth-order valence-corrected chi connectivity index (χ4v) is 3.64. The summed E-state index contributed by atoms with van der Waals surface area (Å²) >= 11 is 0. The molecule has 0 bridgehead atoms. The SMILES string of the molecule is CN(C[C@H](CC1CCCCC1)N=N)C(=O)OCC[Si](C)(C)C. The predicted octanol–water partition coefficient (Wildman–Crippen LogP) is 4.76. The van der Waals surface area contributed by atoms with Crippen LogP contribution in [0.4, 0.5) is 4.79 Å². The first-order chi connectivity index (χ1) is 10.3. The van der Waals surface area contributed by atoms with Gasteiger partial charge < -0.3 is 9.64 Å². The Balaban J connectivity index is 2.31. The molecular formula is C16H33N3O2Si. The van der Waals surface area contributed by atoms with Crippen molar-refractivity contribution in [1.29, 1.82) is 5.53 Å². The largest absolute Gasteiger partial charge is 0.450 e. The lowest BCUT2D eigenvalue weighted by molar-refractivity contribution is 0.112. The van der Waals surface area contributed by atoms with Gasteiger partial charge in [-0.25, -0.2) is 10.3 Å². The summed E-state index contributed by atoms with van der Waals surface area (Å²) in [6.45, 7) is 7.80. The van der Waals surface area contributed by atoms with Crippen LogP contribution >= 0.6 is 0 Å². The van der Waals surface area contributed by atoms with Gasteiger partial charge in [-0.2, -0.15) is 5.11 Å². The van der Waals surface area contributed by atoms with Gasteiger partial charge in [-0.1, -0.05) is 51.7 Å². The molecule has 5 nitrogen and oxygen atoms in total. The lowest BCUT2D eigenvalue weighted by Crippen LogP contribution is -2.35. The van der Waals surface area contributed by atoms with Crippen LogP contribution in [0.2, 0.25) is 25.7 Å². The summed E-state index contributed by atoms with van der Waals surface area (Å²) in [5, 5.41) is 3.73. The van der Waals surface area contributed by atoms with E-state index in [1.54, 1.807) is 11.9 Å². The lowest BCUT2D eigenvalue weighted by atomic mass is 9.85. The van der Waals surface area contributed by atoms with Crippen molar-refractivity contribution in [1.82, 2.24) is 4.90 Å². The summed E-state index contributed by atoms with van der Waals surface area (Å²) in [6.07, 6.45) is 7.06. The number of carbonyl (C=O) groups excluding carboxylic acids is 1. The molecule has 1 fully saturated rings. The Hall–Kier alpha value is -0.913. The number of nitrogens with one attached hydrogen (secondary N) is 1. The van der Waals surface area contributed by atoms with Gasteiger partial charge in [0.1, 0.15) is 0 Å². The Bertz CT molecular complexity index is 352. The summed E-state index contributed by atoms with van der Waals surface area (Å²) in [6, 6.07) is 0.901. The summed E-state index contributed by atoms with van der Waals surface area (Å²) in [7, 11) is 0.574. The number of amides is 1.